The SMILES string of the molecule is NC(=O)c1ccc(NCC2CCC(=O)N2)c(N)c1. The molecule has 0 spiro atoms. The zero-order chi connectivity index (χ0) is 13.1. The van der Waals surface area contributed by atoms with Crippen LogP contribution in [0, 0.1) is 0 Å². The van der Waals surface area contributed by atoms with E-state index in [1.807, 2.05) is 0 Å². The number of carbonyl (C=O) groups excluding carboxylic acids is 2. The van der Waals surface area contributed by atoms with Crippen molar-refractivity contribution in [2.24, 2.45) is 5.73 Å². The van der Waals surface area contributed by atoms with Crippen LogP contribution in [-0.2, 0) is 4.79 Å². The van der Waals surface area contributed by atoms with Crippen molar-refractivity contribution in [3.63, 3.8) is 0 Å². The van der Waals surface area contributed by atoms with Gasteiger partial charge in [0.1, 0.15) is 0 Å². The van der Waals surface area contributed by atoms with Crippen molar-refractivity contribution in [3.8, 4) is 0 Å². The fourth-order valence-corrected chi connectivity index (χ4v) is 1.94. The topological polar surface area (TPSA) is 110 Å². The van der Waals surface area contributed by atoms with E-state index >= 15 is 0 Å². The van der Waals surface area contributed by atoms with Crippen LogP contribution in [0.2, 0.25) is 0 Å². The molecule has 18 heavy (non-hydrogen) atoms. The first-order valence-electron chi connectivity index (χ1n) is 5.79. The van der Waals surface area contributed by atoms with Gasteiger partial charge in [-0.1, -0.05) is 0 Å². The van der Waals surface area contributed by atoms with Crippen molar-refractivity contribution in [1.82, 2.24) is 5.32 Å². The summed E-state index contributed by atoms with van der Waals surface area (Å²) in [5, 5.41) is 6.01. The smallest absolute Gasteiger partial charge is 0.248 e. The second-order valence-corrected chi connectivity index (χ2v) is 4.35. The van der Waals surface area contributed by atoms with E-state index in [0.717, 1.165) is 12.1 Å². The summed E-state index contributed by atoms with van der Waals surface area (Å²) in [6.45, 7) is 0.617. The number of primary amides is 1. The molecule has 1 unspecified atom stereocenters. The summed E-state index contributed by atoms with van der Waals surface area (Å²) in [6.07, 6.45) is 1.40. The van der Waals surface area contributed by atoms with Gasteiger partial charge in [-0.2, -0.15) is 0 Å². The lowest BCUT2D eigenvalue weighted by Gasteiger charge is -2.14. The largest absolute Gasteiger partial charge is 0.397 e. The quantitative estimate of drug-likeness (QED) is 0.564. The van der Waals surface area contributed by atoms with Crippen LogP contribution >= 0.6 is 0 Å². The number of carbonyl (C=O) groups is 2. The van der Waals surface area contributed by atoms with E-state index in [1.54, 1.807) is 12.1 Å². The average molecular weight is 248 g/mol. The number of rotatable bonds is 4. The van der Waals surface area contributed by atoms with Crippen molar-refractivity contribution in [2.45, 2.75) is 18.9 Å². The molecular formula is C12H16N4O2. The predicted octanol–water partition coefficient (Wildman–Crippen LogP) is 0.0582. The monoisotopic (exact) mass is 248 g/mol. The van der Waals surface area contributed by atoms with E-state index in [-0.39, 0.29) is 11.9 Å². The summed E-state index contributed by atoms with van der Waals surface area (Å²) in [5.74, 6) is -0.421. The molecule has 6 N–H and O–H groups in total. The van der Waals surface area contributed by atoms with Gasteiger partial charge in [-0.3, -0.25) is 9.59 Å². The predicted molar refractivity (Wildman–Crippen MR) is 69.0 cm³/mol. The van der Waals surface area contributed by atoms with Crippen LogP contribution < -0.4 is 22.1 Å². The first-order chi connectivity index (χ1) is 8.56. The summed E-state index contributed by atoms with van der Waals surface area (Å²) in [4.78, 5) is 22.0. The normalized spacial score (nSPS) is 18.4. The summed E-state index contributed by atoms with van der Waals surface area (Å²) < 4.78 is 0. The molecule has 6 heteroatoms. The average Bonchev–Trinajstić information content (AvgIpc) is 2.73. The molecule has 1 aliphatic heterocycles. The molecule has 0 aromatic heterocycles. The van der Waals surface area contributed by atoms with E-state index in [9.17, 15) is 9.59 Å². The Morgan fingerprint density at radius 2 is 2.28 bits per heavy atom. The van der Waals surface area contributed by atoms with Crippen LogP contribution in [0.25, 0.3) is 0 Å². The van der Waals surface area contributed by atoms with Crippen LogP contribution in [0.3, 0.4) is 0 Å². The van der Waals surface area contributed by atoms with Crippen molar-refractivity contribution >= 4 is 23.2 Å². The first kappa shape index (κ1) is 12.2. The van der Waals surface area contributed by atoms with Crippen molar-refractivity contribution in [2.75, 3.05) is 17.6 Å². The number of amides is 2. The van der Waals surface area contributed by atoms with Gasteiger partial charge >= 0.3 is 0 Å². The van der Waals surface area contributed by atoms with Gasteiger partial charge in [0.25, 0.3) is 0 Å². The molecule has 1 heterocycles. The van der Waals surface area contributed by atoms with Crippen LogP contribution in [-0.4, -0.2) is 24.4 Å². The maximum absolute atomic E-state index is 11.0. The van der Waals surface area contributed by atoms with E-state index < -0.39 is 5.91 Å². The summed E-state index contributed by atoms with van der Waals surface area (Å²) in [7, 11) is 0. The Morgan fingerprint density at radius 1 is 1.50 bits per heavy atom. The minimum atomic E-state index is -0.503. The number of nitrogen functional groups attached to an aromatic ring is 1. The Morgan fingerprint density at radius 3 is 2.83 bits per heavy atom. The molecular weight excluding hydrogens is 232 g/mol. The lowest BCUT2D eigenvalue weighted by Crippen LogP contribution is -2.31. The molecule has 0 radical (unpaired) electrons. The Hall–Kier alpha value is -2.24. The zero-order valence-electron chi connectivity index (χ0n) is 9.90. The third-order valence-electron chi connectivity index (χ3n) is 2.96. The highest BCUT2D eigenvalue weighted by Gasteiger charge is 2.20. The minimum absolute atomic E-state index is 0.0823. The molecule has 1 fully saturated rings. The Balaban J connectivity index is 1.97. The molecule has 6 nitrogen and oxygen atoms in total. The van der Waals surface area contributed by atoms with Gasteiger partial charge in [-0.05, 0) is 24.6 Å². The summed E-state index contributed by atoms with van der Waals surface area (Å²) in [6, 6.07) is 5.01. The van der Waals surface area contributed by atoms with Gasteiger partial charge in [0.05, 0.1) is 11.4 Å². The molecule has 1 aromatic carbocycles. The zero-order valence-corrected chi connectivity index (χ0v) is 9.90. The highest BCUT2D eigenvalue weighted by atomic mass is 16.2. The molecule has 1 saturated heterocycles. The van der Waals surface area contributed by atoms with Gasteiger partial charge in [0.15, 0.2) is 0 Å². The van der Waals surface area contributed by atoms with Gasteiger partial charge in [0.2, 0.25) is 11.8 Å². The molecule has 96 valence electrons. The van der Waals surface area contributed by atoms with E-state index in [1.165, 1.54) is 6.07 Å². The third-order valence-corrected chi connectivity index (χ3v) is 2.96. The molecule has 2 rings (SSSR count). The lowest BCUT2D eigenvalue weighted by atomic mass is 10.1. The van der Waals surface area contributed by atoms with E-state index in [4.69, 9.17) is 11.5 Å². The maximum atomic E-state index is 11.0. The fraction of sp³-hybridized carbons (Fsp3) is 0.333. The van der Waals surface area contributed by atoms with Gasteiger partial charge in [0, 0.05) is 24.6 Å². The third kappa shape index (κ3) is 2.71. The van der Waals surface area contributed by atoms with Crippen molar-refractivity contribution in [1.29, 1.82) is 0 Å². The Kier molecular flexibility index (Phi) is 3.36. The summed E-state index contributed by atoms with van der Waals surface area (Å²) in [5.41, 5.74) is 12.6. The maximum Gasteiger partial charge on any atom is 0.248 e. The lowest BCUT2D eigenvalue weighted by molar-refractivity contribution is -0.119. The molecule has 1 aromatic rings. The van der Waals surface area contributed by atoms with Crippen LogP contribution in [0.4, 0.5) is 11.4 Å². The summed E-state index contributed by atoms with van der Waals surface area (Å²) >= 11 is 0. The minimum Gasteiger partial charge on any atom is -0.397 e. The van der Waals surface area contributed by atoms with Crippen LogP contribution in [0.15, 0.2) is 18.2 Å². The number of hydrogen-bond acceptors (Lipinski definition) is 4. The van der Waals surface area contributed by atoms with E-state index in [0.29, 0.717) is 24.2 Å². The van der Waals surface area contributed by atoms with E-state index in [2.05, 4.69) is 10.6 Å². The Bertz CT molecular complexity index is 487. The van der Waals surface area contributed by atoms with Crippen LogP contribution in [0.1, 0.15) is 23.2 Å². The second kappa shape index (κ2) is 4.95. The molecule has 0 bridgehead atoms. The highest BCUT2D eigenvalue weighted by Crippen LogP contribution is 2.20. The van der Waals surface area contributed by atoms with Gasteiger partial charge in [-0.25, -0.2) is 0 Å². The molecule has 0 saturated carbocycles. The number of benzene rings is 1. The highest BCUT2D eigenvalue weighted by molar-refractivity contribution is 5.94. The number of anilines is 2. The standard InChI is InChI=1S/C12H16N4O2/c13-9-5-7(12(14)18)1-3-10(9)15-6-8-2-4-11(17)16-8/h1,3,5,8,15H,2,4,6,13H2,(H2,14,18)(H,16,17). The second-order valence-electron chi connectivity index (χ2n) is 4.35. The molecule has 1 aliphatic rings. The number of hydrogen-bond donors (Lipinski definition) is 4. The number of nitrogens with two attached hydrogens (primary N) is 2. The first-order valence-corrected chi connectivity index (χ1v) is 5.79. The molecule has 0 aliphatic carbocycles. The van der Waals surface area contributed by atoms with Crippen LogP contribution in [0.5, 0.6) is 0 Å². The van der Waals surface area contributed by atoms with Gasteiger partial charge < -0.3 is 22.1 Å². The van der Waals surface area contributed by atoms with Crippen molar-refractivity contribution < 1.29 is 9.59 Å². The fourth-order valence-electron chi connectivity index (χ4n) is 1.94. The number of nitrogens with one attached hydrogen (secondary N) is 2. The molecule has 1 atom stereocenters. The van der Waals surface area contributed by atoms with Gasteiger partial charge in [-0.15, -0.1) is 0 Å². The Labute approximate surface area is 105 Å². The van der Waals surface area contributed by atoms with Crippen molar-refractivity contribution in [3.05, 3.63) is 23.8 Å². The molecule has 2 amide bonds.